The summed E-state index contributed by atoms with van der Waals surface area (Å²) in [5.74, 6) is 0.593. The first-order chi connectivity index (χ1) is 13.1. The average Bonchev–Trinajstić information content (AvgIpc) is 3.16. The third-order valence-corrected chi connectivity index (χ3v) is 5.62. The summed E-state index contributed by atoms with van der Waals surface area (Å²) in [6.07, 6.45) is 2.73. The number of fused-ring (bicyclic) bond motifs is 4. The minimum absolute atomic E-state index is 0.202. The lowest BCUT2D eigenvalue weighted by Crippen LogP contribution is -2.32. The van der Waals surface area contributed by atoms with Gasteiger partial charge in [-0.05, 0) is 55.5 Å². The smallest absolute Gasteiger partial charge is 0.339 e. The van der Waals surface area contributed by atoms with Gasteiger partial charge in [0.2, 0.25) is 0 Å². The molecule has 1 aliphatic carbocycles. The van der Waals surface area contributed by atoms with E-state index in [0.717, 1.165) is 64.8 Å². The minimum Gasteiger partial charge on any atom is -0.477 e. The molecule has 2 aliphatic rings. The second kappa shape index (κ2) is 6.20. The van der Waals surface area contributed by atoms with E-state index in [4.69, 9.17) is 9.15 Å². The fourth-order valence-electron chi connectivity index (χ4n) is 4.34. The number of rotatable bonds is 2. The zero-order chi connectivity index (χ0) is 18.5. The number of ether oxygens (including phenoxy) is 1. The van der Waals surface area contributed by atoms with Crippen molar-refractivity contribution in [2.45, 2.75) is 39.3 Å². The Balaban J connectivity index is 1.53. The van der Waals surface area contributed by atoms with Gasteiger partial charge in [-0.1, -0.05) is 12.1 Å². The van der Waals surface area contributed by atoms with Crippen molar-refractivity contribution >= 4 is 11.0 Å². The predicted octanol–water partition coefficient (Wildman–Crippen LogP) is 4.08. The number of hydrogen-bond acceptors (Lipinski definition) is 4. The number of hydrogen-bond donors (Lipinski definition) is 0. The number of aryl methyl sites for hydroxylation is 2. The van der Waals surface area contributed by atoms with E-state index in [0.29, 0.717) is 18.9 Å². The highest BCUT2D eigenvalue weighted by molar-refractivity contribution is 5.87. The molecule has 5 heteroatoms. The first-order valence-corrected chi connectivity index (χ1v) is 9.31. The monoisotopic (exact) mass is 365 g/mol. The Morgan fingerprint density at radius 2 is 1.93 bits per heavy atom. The number of benzene rings is 2. The van der Waals surface area contributed by atoms with Gasteiger partial charge in [0.25, 0.3) is 0 Å². The summed E-state index contributed by atoms with van der Waals surface area (Å²) in [7, 11) is 0. The highest BCUT2D eigenvalue weighted by Crippen LogP contribution is 2.38. The van der Waals surface area contributed by atoms with E-state index < -0.39 is 0 Å². The van der Waals surface area contributed by atoms with Gasteiger partial charge in [-0.25, -0.2) is 9.18 Å². The van der Waals surface area contributed by atoms with Crippen LogP contribution in [0.5, 0.6) is 5.75 Å². The third kappa shape index (κ3) is 2.73. The molecule has 1 aromatic heterocycles. The van der Waals surface area contributed by atoms with Crippen LogP contribution in [0.3, 0.4) is 0 Å². The van der Waals surface area contributed by atoms with Crippen molar-refractivity contribution in [3.63, 3.8) is 0 Å². The molecule has 2 aromatic carbocycles. The molecule has 2 heterocycles. The van der Waals surface area contributed by atoms with Crippen LogP contribution < -0.4 is 10.4 Å². The molecule has 3 aromatic rings. The molecule has 0 radical (unpaired) electrons. The SMILES string of the molecule is Cc1c2c(cc3c4c(c(=O)oc13)CCC4)CN(Cc1ccc(F)cc1)CO2. The molecule has 0 bridgehead atoms. The second-order valence-corrected chi connectivity index (χ2v) is 7.45. The Labute approximate surface area is 156 Å². The van der Waals surface area contributed by atoms with E-state index in [1.807, 2.05) is 6.92 Å². The maximum absolute atomic E-state index is 13.1. The molecule has 0 N–H and O–H groups in total. The summed E-state index contributed by atoms with van der Waals surface area (Å²) in [5.41, 5.74) is 5.49. The fraction of sp³-hybridized carbons (Fsp3) is 0.318. The van der Waals surface area contributed by atoms with E-state index in [2.05, 4.69) is 11.0 Å². The summed E-state index contributed by atoms with van der Waals surface area (Å²) in [5, 5.41) is 1.05. The van der Waals surface area contributed by atoms with E-state index in [1.165, 1.54) is 12.1 Å². The average molecular weight is 365 g/mol. The molecule has 0 unspecified atom stereocenters. The molecule has 0 amide bonds. The Morgan fingerprint density at radius 3 is 2.74 bits per heavy atom. The summed E-state index contributed by atoms with van der Waals surface area (Å²) >= 11 is 0. The van der Waals surface area contributed by atoms with Crippen molar-refractivity contribution in [2.24, 2.45) is 0 Å². The van der Waals surface area contributed by atoms with Gasteiger partial charge in [0.05, 0.1) is 0 Å². The zero-order valence-corrected chi connectivity index (χ0v) is 15.2. The second-order valence-electron chi connectivity index (χ2n) is 7.45. The summed E-state index contributed by atoms with van der Waals surface area (Å²) in [6, 6.07) is 8.70. The highest BCUT2D eigenvalue weighted by atomic mass is 19.1. The van der Waals surface area contributed by atoms with E-state index in [-0.39, 0.29) is 11.4 Å². The van der Waals surface area contributed by atoms with Crippen LogP contribution in [-0.4, -0.2) is 11.6 Å². The quantitative estimate of drug-likeness (QED) is 0.642. The van der Waals surface area contributed by atoms with Crippen molar-refractivity contribution in [1.29, 1.82) is 0 Å². The Bertz CT molecular complexity index is 1100. The molecule has 0 saturated carbocycles. The molecule has 4 nitrogen and oxygen atoms in total. The van der Waals surface area contributed by atoms with E-state index in [9.17, 15) is 9.18 Å². The fourth-order valence-corrected chi connectivity index (χ4v) is 4.34. The van der Waals surface area contributed by atoms with Gasteiger partial charge in [-0.3, -0.25) is 4.90 Å². The van der Waals surface area contributed by atoms with Crippen LogP contribution in [0.4, 0.5) is 4.39 Å². The summed E-state index contributed by atoms with van der Waals surface area (Å²) < 4.78 is 24.8. The van der Waals surface area contributed by atoms with Crippen molar-refractivity contribution in [2.75, 3.05) is 6.73 Å². The minimum atomic E-state index is -0.226. The van der Waals surface area contributed by atoms with Crippen molar-refractivity contribution in [3.05, 3.63) is 74.4 Å². The van der Waals surface area contributed by atoms with E-state index >= 15 is 0 Å². The maximum Gasteiger partial charge on any atom is 0.339 e. The standard InChI is InChI=1S/C22H20FNO3/c1-13-20-15(9-19-17-3-2-4-18(17)22(25)27-21(13)19)11-24(12-26-20)10-14-5-7-16(23)8-6-14/h5-9H,2-4,10-12H2,1H3. The highest BCUT2D eigenvalue weighted by Gasteiger charge is 2.26. The molecule has 1 aliphatic heterocycles. The lowest BCUT2D eigenvalue weighted by Gasteiger charge is -2.30. The van der Waals surface area contributed by atoms with Gasteiger partial charge in [-0.15, -0.1) is 0 Å². The van der Waals surface area contributed by atoms with Gasteiger partial charge in [0, 0.05) is 35.2 Å². The summed E-state index contributed by atoms with van der Waals surface area (Å²) in [6.45, 7) is 3.85. The van der Waals surface area contributed by atoms with Crippen LogP contribution >= 0.6 is 0 Å². The van der Waals surface area contributed by atoms with Crippen LogP contribution in [0.25, 0.3) is 11.0 Å². The predicted molar refractivity (Wildman–Crippen MR) is 100 cm³/mol. The van der Waals surface area contributed by atoms with Gasteiger partial charge >= 0.3 is 5.63 Å². The molecule has 0 saturated heterocycles. The number of halogens is 1. The van der Waals surface area contributed by atoms with Crippen LogP contribution in [0.1, 0.15) is 34.2 Å². The number of nitrogens with zero attached hydrogens (tertiary/aromatic N) is 1. The van der Waals surface area contributed by atoms with Crippen LogP contribution in [0.15, 0.2) is 39.5 Å². The Hall–Kier alpha value is -2.66. The molecule has 0 fully saturated rings. The van der Waals surface area contributed by atoms with Gasteiger partial charge in [0.1, 0.15) is 23.9 Å². The lowest BCUT2D eigenvalue weighted by atomic mass is 9.99. The van der Waals surface area contributed by atoms with Crippen molar-refractivity contribution in [1.82, 2.24) is 4.90 Å². The third-order valence-electron chi connectivity index (χ3n) is 5.62. The van der Waals surface area contributed by atoms with Crippen LogP contribution in [0.2, 0.25) is 0 Å². The molecule has 0 atom stereocenters. The maximum atomic E-state index is 13.1. The molecular weight excluding hydrogens is 345 g/mol. The topological polar surface area (TPSA) is 42.7 Å². The molecule has 27 heavy (non-hydrogen) atoms. The summed E-state index contributed by atoms with van der Waals surface area (Å²) in [4.78, 5) is 14.5. The Morgan fingerprint density at radius 1 is 1.15 bits per heavy atom. The van der Waals surface area contributed by atoms with E-state index in [1.54, 1.807) is 12.1 Å². The van der Waals surface area contributed by atoms with Crippen molar-refractivity contribution in [3.8, 4) is 5.75 Å². The first-order valence-electron chi connectivity index (χ1n) is 9.31. The van der Waals surface area contributed by atoms with Crippen LogP contribution in [-0.2, 0) is 25.9 Å². The molecule has 138 valence electrons. The van der Waals surface area contributed by atoms with Gasteiger partial charge in [0.15, 0.2) is 0 Å². The van der Waals surface area contributed by atoms with Gasteiger partial charge in [-0.2, -0.15) is 0 Å². The van der Waals surface area contributed by atoms with Crippen LogP contribution in [0, 0.1) is 12.7 Å². The van der Waals surface area contributed by atoms with Gasteiger partial charge < -0.3 is 9.15 Å². The molecule has 0 spiro atoms. The Kier molecular flexibility index (Phi) is 3.79. The normalized spacial score (nSPS) is 16.2. The largest absolute Gasteiger partial charge is 0.477 e. The zero-order valence-electron chi connectivity index (χ0n) is 15.2. The molecule has 5 rings (SSSR count). The lowest BCUT2D eigenvalue weighted by molar-refractivity contribution is 0.0881. The van der Waals surface area contributed by atoms with Crippen molar-refractivity contribution < 1.29 is 13.5 Å². The first kappa shape index (κ1) is 16.5. The molecular formula is C22H20FNO3.